The highest BCUT2D eigenvalue weighted by atomic mass is 32.2. The molecule has 1 atom stereocenters. The van der Waals surface area contributed by atoms with E-state index in [0.29, 0.717) is 12.5 Å². The third-order valence-electron chi connectivity index (χ3n) is 3.72. The van der Waals surface area contributed by atoms with Crippen molar-refractivity contribution in [1.82, 2.24) is 5.32 Å². The molecule has 0 aliphatic carbocycles. The Morgan fingerprint density at radius 1 is 1.22 bits per heavy atom. The van der Waals surface area contributed by atoms with Gasteiger partial charge in [0.1, 0.15) is 9.84 Å². The first kappa shape index (κ1) is 19.6. The number of hydrogen-bond donors (Lipinski definition) is 2. The van der Waals surface area contributed by atoms with E-state index in [1.54, 1.807) is 0 Å². The molecule has 1 unspecified atom stereocenters. The molecule has 130 valence electrons. The maximum absolute atomic E-state index is 11.8. The van der Waals surface area contributed by atoms with Crippen molar-refractivity contribution in [1.29, 1.82) is 0 Å². The van der Waals surface area contributed by atoms with Gasteiger partial charge in [-0.2, -0.15) is 0 Å². The van der Waals surface area contributed by atoms with Crippen molar-refractivity contribution in [3.8, 4) is 0 Å². The maximum atomic E-state index is 11.8. The van der Waals surface area contributed by atoms with Crippen molar-refractivity contribution in [2.75, 3.05) is 18.6 Å². The Bertz CT molecular complexity index is 595. The highest BCUT2D eigenvalue weighted by molar-refractivity contribution is 7.90. The molecule has 0 aromatic heterocycles. The topological polar surface area (TPSA) is 89.3 Å². The van der Waals surface area contributed by atoms with Gasteiger partial charge in [-0.1, -0.05) is 38.1 Å². The molecule has 1 aromatic carbocycles. The van der Waals surface area contributed by atoms with Crippen LogP contribution in [0.15, 0.2) is 24.3 Å². The lowest BCUT2D eigenvalue weighted by Gasteiger charge is -2.12. The number of rotatable bonds is 9. The third-order valence-corrected chi connectivity index (χ3v) is 4.70. The van der Waals surface area contributed by atoms with Crippen LogP contribution in [0.1, 0.15) is 43.7 Å². The molecule has 6 heteroatoms. The summed E-state index contributed by atoms with van der Waals surface area (Å²) in [5, 5.41) is 2.76. The second-order valence-corrected chi connectivity index (χ2v) is 8.58. The van der Waals surface area contributed by atoms with Crippen molar-refractivity contribution in [2.24, 2.45) is 5.73 Å². The molecular formula is C17H28N2O3S. The van der Waals surface area contributed by atoms with Crippen molar-refractivity contribution in [2.45, 2.75) is 45.1 Å². The van der Waals surface area contributed by atoms with Gasteiger partial charge in [-0.25, -0.2) is 8.42 Å². The van der Waals surface area contributed by atoms with Crippen LogP contribution in [0.25, 0.3) is 0 Å². The van der Waals surface area contributed by atoms with E-state index >= 15 is 0 Å². The minimum Gasteiger partial charge on any atom is -0.355 e. The average Bonchev–Trinajstić information content (AvgIpc) is 2.48. The minimum absolute atomic E-state index is 0.0657. The highest BCUT2D eigenvalue weighted by Crippen LogP contribution is 2.15. The number of nitrogens with one attached hydrogen (secondary N) is 1. The molecule has 23 heavy (non-hydrogen) atoms. The second kappa shape index (κ2) is 9.03. The molecule has 0 spiro atoms. The number of hydrogen-bond acceptors (Lipinski definition) is 4. The first-order valence-corrected chi connectivity index (χ1v) is 10.0. The number of benzene rings is 1. The molecule has 0 radical (unpaired) electrons. The lowest BCUT2D eigenvalue weighted by Crippen LogP contribution is -2.42. The van der Waals surface area contributed by atoms with Crippen LogP contribution in [-0.2, 0) is 21.1 Å². The summed E-state index contributed by atoms with van der Waals surface area (Å²) < 4.78 is 22.1. The summed E-state index contributed by atoms with van der Waals surface area (Å²) in [4.78, 5) is 11.8. The molecular weight excluding hydrogens is 312 g/mol. The zero-order valence-corrected chi connectivity index (χ0v) is 15.0. The van der Waals surface area contributed by atoms with E-state index in [9.17, 15) is 13.2 Å². The summed E-state index contributed by atoms with van der Waals surface area (Å²) in [5.41, 5.74) is 8.25. The number of sulfone groups is 1. The zero-order chi connectivity index (χ0) is 17.5. The van der Waals surface area contributed by atoms with Gasteiger partial charge in [0.05, 0.1) is 11.8 Å². The quantitative estimate of drug-likeness (QED) is 0.669. The van der Waals surface area contributed by atoms with Gasteiger partial charge in [-0.3, -0.25) is 4.79 Å². The number of carbonyl (C=O) groups excluding carboxylic acids is 1. The molecule has 0 aliphatic heterocycles. The normalized spacial score (nSPS) is 13.1. The van der Waals surface area contributed by atoms with E-state index in [1.807, 2.05) is 0 Å². The molecule has 5 nitrogen and oxygen atoms in total. The highest BCUT2D eigenvalue weighted by Gasteiger charge is 2.15. The standard InChI is InChI=1S/C17H28N2O3S/c1-13(2)15-8-6-14(7-9-15)5-4-11-19-17(20)16(18)10-12-23(3,21)22/h6-9,13,16H,4-5,10-12,18H2,1-3H3,(H,19,20). The van der Waals surface area contributed by atoms with E-state index in [4.69, 9.17) is 5.73 Å². The number of aryl methyl sites for hydroxylation is 1. The van der Waals surface area contributed by atoms with Gasteiger partial charge in [0.2, 0.25) is 5.91 Å². The Morgan fingerprint density at radius 3 is 2.35 bits per heavy atom. The van der Waals surface area contributed by atoms with E-state index in [2.05, 4.69) is 43.4 Å². The molecule has 3 N–H and O–H groups in total. The summed E-state index contributed by atoms with van der Waals surface area (Å²) in [5.74, 6) is 0.171. The fourth-order valence-electron chi connectivity index (χ4n) is 2.18. The first-order chi connectivity index (χ1) is 10.7. The Balaban J connectivity index is 2.27. The Kier molecular flexibility index (Phi) is 7.72. The first-order valence-electron chi connectivity index (χ1n) is 7.99. The SMILES string of the molecule is CC(C)c1ccc(CCCNC(=O)C(N)CCS(C)(=O)=O)cc1. The van der Waals surface area contributed by atoms with Crippen molar-refractivity contribution in [3.05, 3.63) is 35.4 Å². The molecule has 0 bridgehead atoms. The van der Waals surface area contributed by atoms with Crippen molar-refractivity contribution >= 4 is 15.7 Å². The van der Waals surface area contributed by atoms with Crippen LogP contribution < -0.4 is 11.1 Å². The summed E-state index contributed by atoms with van der Waals surface area (Å²) >= 11 is 0. The van der Waals surface area contributed by atoms with Crippen LogP contribution in [0.5, 0.6) is 0 Å². The Hall–Kier alpha value is -1.40. The van der Waals surface area contributed by atoms with Crippen molar-refractivity contribution in [3.63, 3.8) is 0 Å². The van der Waals surface area contributed by atoms with Gasteiger partial charge in [0, 0.05) is 12.8 Å². The molecule has 1 rings (SSSR count). The van der Waals surface area contributed by atoms with Crippen molar-refractivity contribution < 1.29 is 13.2 Å². The van der Waals surface area contributed by atoms with E-state index in [-0.39, 0.29) is 18.1 Å². The Morgan fingerprint density at radius 2 is 1.83 bits per heavy atom. The smallest absolute Gasteiger partial charge is 0.236 e. The number of amides is 1. The third kappa shape index (κ3) is 8.13. The molecule has 1 aromatic rings. The Labute approximate surface area is 139 Å². The van der Waals surface area contributed by atoms with Crippen LogP contribution in [0, 0.1) is 0 Å². The zero-order valence-electron chi connectivity index (χ0n) is 14.2. The van der Waals surface area contributed by atoms with Crippen LogP contribution in [0.2, 0.25) is 0 Å². The average molecular weight is 340 g/mol. The minimum atomic E-state index is -3.08. The largest absolute Gasteiger partial charge is 0.355 e. The molecule has 0 aliphatic rings. The van der Waals surface area contributed by atoms with Gasteiger partial charge in [-0.05, 0) is 36.3 Å². The van der Waals surface area contributed by atoms with E-state index in [1.165, 1.54) is 11.1 Å². The fraction of sp³-hybridized carbons (Fsp3) is 0.588. The predicted molar refractivity (Wildman–Crippen MR) is 94.2 cm³/mol. The van der Waals surface area contributed by atoms with E-state index in [0.717, 1.165) is 19.1 Å². The number of nitrogens with two attached hydrogens (primary N) is 1. The van der Waals surface area contributed by atoms with Crippen LogP contribution in [0.3, 0.4) is 0 Å². The maximum Gasteiger partial charge on any atom is 0.236 e. The summed E-state index contributed by atoms with van der Waals surface area (Å²) in [6.45, 7) is 4.87. The van der Waals surface area contributed by atoms with Gasteiger partial charge < -0.3 is 11.1 Å². The van der Waals surface area contributed by atoms with E-state index < -0.39 is 15.9 Å². The molecule has 1 amide bonds. The van der Waals surface area contributed by atoms with Crippen LogP contribution in [-0.4, -0.2) is 38.9 Å². The van der Waals surface area contributed by atoms with Crippen LogP contribution >= 0.6 is 0 Å². The lowest BCUT2D eigenvalue weighted by molar-refractivity contribution is -0.122. The van der Waals surface area contributed by atoms with Gasteiger partial charge in [-0.15, -0.1) is 0 Å². The van der Waals surface area contributed by atoms with Gasteiger partial charge in [0.15, 0.2) is 0 Å². The number of carbonyl (C=O) groups is 1. The monoisotopic (exact) mass is 340 g/mol. The summed E-state index contributed by atoms with van der Waals surface area (Å²) in [6, 6.07) is 7.75. The summed E-state index contributed by atoms with van der Waals surface area (Å²) in [6.07, 6.45) is 3.01. The molecule has 0 fully saturated rings. The van der Waals surface area contributed by atoms with Crippen LogP contribution in [0.4, 0.5) is 0 Å². The predicted octanol–water partition coefficient (Wildman–Crippen LogP) is 1.62. The lowest BCUT2D eigenvalue weighted by atomic mass is 10.0. The molecule has 0 saturated heterocycles. The summed E-state index contributed by atoms with van der Waals surface area (Å²) in [7, 11) is -3.08. The fourth-order valence-corrected chi connectivity index (χ4v) is 2.86. The van der Waals surface area contributed by atoms with Gasteiger partial charge >= 0.3 is 0 Å². The second-order valence-electron chi connectivity index (χ2n) is 6.32. The van der Waals surface area contributed by atoms with Gasteiger partial charge in [0.25, 0.3) is 0 Å². The molecule has 0 saturated carbocycles. The molecule has 0 heterocycles.